The van der Waals surface area contributed by atoms with Crippen LogP contribution in [-0.2, 0) is 28.6 Å². The van der Waals surface area contributed by atoms with Gasteiger partial charge in [0.05, 0.1) is 0 Å². The van der Waals surface area contributed by atoms with E-state index in [1.807, 2.05) is 72.9 Å². The van der Waals surface area contributed by atoms with Crippen molar-refractivity contribution in [1.29, 1.82) is 0 Å². The molecule has 0 amide bonds. The van der Waals surface area contributed by atoms with E-state index < -0.39 is 6.10 Å². The minimum Gasteiger partial charge on any atom is -0.462 e. The highest BCUT2D eigenvalue weighted by Crippen LogP contribution is 2.15. The van der Waals surface area contributed by atoms with Crippen molar-refractivity contribution in [3.63, 3.8) is 0 Å². The van der Waals surface area contributed by atoms with Crippen molar-refractivity contribution in [2.75, 3.05) is 13.2 Å². The molecule has 6 nitrogen and oxygen atoms in total. The summed E-state index contributed by atoms with van der Waals surface area (Å²) in [5.74, 6) is -0.981. The molecule has 1 unspecified atom stereocenters. The van der Waals surface area contributed by atoms with Gasteiger partial charge in [0.15, 0.2) is 6.10 Å². The maximum absolute atomic E-state index is 12.8. The number of allylic oxidation sites excluding steroid dienone is 18. The molecule has 0 aliphatic heterocycles. The van der Waals surface area contributed by atoms with E-state index in [-0.39, 0.29) is 31.1 Å². The highest BCUT2D eigenvalue weighted by molar-refractivity contribution is 5.71. The topological polar surface area (TPSA) is 78.9 Å². The van der Waals surface area contributed by atoms with Crippen LogP contribution in [0.2, 0.25) is 0 Å². The van der Waals surface area contributed by atoms with Crippen LogP contribution in [0, 0.1) is 0 Å². The first kappa shape index (κ1) is 60.1. The minimum absolute atomic E-state index is 0.107. The number of carbonyl (C=O) groups excluding carboxylic acids is 3. The van der Waals surface area contributed by atoms with Gasteiger partial charge in [0.1, 0.15) is 13.2 Å². The van der Waals surface area contributed by atoms with E-state index in [2.05, 4.69) is 57.2 Å². The molecule has 0 saturated heterocycles. The molecule has 1 atom stereocenters. The zero-order valence-electron chi connectivity index (χ0n) is 41.3. The molecule has 0 rings (SSSR count). The van der Waals surface area contributed by atoms with Crippen LogP contribution < -0.4 is 0 Å². The van der Waals surface area contributed by atoms with Gasteiger partial charge in [0.25, 0.3) is 0 Å². The summed E-state index contributed by atoms with van der Waals surface area (Å²) in [6, 6.07) is 0. The zero-order valence-corrected chi connectivity index (χ0v) is 41.3. The Morgan fingerprint density at radius 2 is 0.625 bits per heavy atom. The first-order chi connectivity index (χ1) is 31.5. The Hall–Kier alpha value is -3.93. The number of esters is 3. The van der Waals surface area contributed by atoms with Gasteiger partial charge in [0, 0.05) is 19.3 Å². The SMILES string of the molecule is CC\C=C/C=C\C=C/C=C\C=C\C=C/C=C\CCCCCC(=O)OCC(COC(=O)CCCCC/C=C\C=C/CCCC)OC(=O)CCCCCCCCCCCCCCCCCC. The normalized spacial score (nSPS) is 13.0. The number of hydrogen-bond donors (Lipinski definition) is 0. The lowest BCUT2D eigenvalue weighted by atomic mass is 10.0. The Labute approximate surface area is 393 Å². The summed E-state index contributed by atoms with van der Waals surface area (Å²) >= 11 is 0. The molecule has 0 aromatic carbocycles. The summed E-state index contributed by atoms with van der Waals surface area (Å²) in [4.78, 5) is 38.0. The van der Waals surface area contributed by atoms with E-state index in [0.717, 1.165) is 83.5 Å². The molecule has 0 spiro atoms. The largest absolute Gasteiger partial charge is 0.462 e. The van der Waals surface area contributed by atoms with E-state index in [9.17, 15) is 14.4 Å². The predicted octanol–water partition coefficient (Wildman–Crippen LogP) is 17.1. The first-order valence-electron chi connectivity index (χ1n) is 26.0. The summed E-state index contributed by atoms with van der Waals surface area (Å²) in [5.41, 5.74) is 0. The lowest BCUT2D eigenvalue weighted by molar-refractivity contribution is -0.167. The lowest BCUT2D eigenvalue weighted by Gasteiger charge is -2.18. The average Bonchev–Trinajstić information content (AvgIpc) is 3.29. The summed E-state index contributed by atoms with van der Waals surface area (Å²) in [7, 11) is 0. The molecule has 0 heterocycles. The molecule has 0 radical (unpaired) electrons. The highest BCUT2D eigenvalue weighted by atomic mass is 16.6. The van der Waals surface area contributed by atoms with Crippen molar-refractivity contribution in [3.8, 4) is 0 Å². The lowest BCUT2D eigenvalue weighted by Crippen LogP contribution is -2.30. The van der Waals surface area contributed by atoms with E-state index in [1.54, 1.807) is 0 Å². The smallest absolute Gasteiger partial charge is 0.306 e. The molecule has 0 saturated carbocycles. The van der Waals surface area contributed by atoms with Gasteiger partial charge in [-0.15, -0.1) is 0 Å². The van der Waals surface area contributed by atoms with Crippen molar-refractivity contribution < 1.29 is 28.6 Å². The maximum Gasteiger partial charge on any atom is 0.306 e. The van der Waals surface area contributed by atoms with Crippen LogP contribution in [0.15, 0.2) is 109 Å². The Morgan fingerprint density at radius 3 is 1.02 bits per heavy atom. The van der Waals surface area contributed by atoms with Crippen LogP contribution >= 0.6 is 0 Å². The number of carbonyl (C=O) groups is 3. The van der Waals surface area contributed by atoms with Gasteiger partial charge < -0.3 is 14.2 Å². The third-order valence-corrected chi connectivity index (χ3v) is 10.7. The summed E-state index contributed by atoms with van der Waals surface area (Å²) < 4.78 is 16.7. The fourth-order valence-corrected chi connectivity index (χ4v) is 6.81. The van der Waals surface area contributed by atoms with Gasteiger partial charge >= 0.3 is 17.9 Å². The van der Waals surface area contributed by atoms with Crippen LogP contribution in [0.25, 0.3) is 0 Å². The second-order valence-electron chi connectivity index (χ2n) is 16.9. The van der Waals surface area contributed by atoms with Crippen LogP contribution in [-0.4, -0.2) is 37.2 Å². The van der Waals surface area contributed by atoms with Crippen LogP contribution in [0.4, 0.5) is 0 Å². The van der Waals surface area contributed by atoms with Crippen molar-refractivity contribution in [3.05, 3.63) is 109 Å². The highest BCUT2D eigenvalue weighted by Gasteiger charge is 2.19. The molecule has 0 aliphatic rings. The van der Waals surface area contributed by atoms with Gasteiger partial charge in [-0.25, -0.2) is 0 Å². The monoisotopic (exact) mass is 887 g/mol. The Kier molecular flexibility index (Phi) is 48.5. The van der Waals surface area contributed by atoms with Gasteiger partial charge in [-0.05, 0) is 57.8 Å². The Balaban J connectivity index is 4.50. The number of hydrogen-bond acceptors (Lipinski definition) is 6. The molecular weight excluding hydrogens is 793 g/mol. The second kappa shape index (κ2) is 51.7. The molecule has 64 heavy (non-hydrogen) atoms. The fraction of sp³-hybridized carbons (Fsp3) is 0.638. The third-order valence-electron chi connectivity index (χ3n) is 10.7. The van der Waals surface area contributed by atoms with Crippen molar-refractivity contribution in [2.24, 2.45) is 0 Å². The molecule has 0 bridgehead atoms. The van der Waals surface area contributed by atoms with Crippen molar-refractivity contribution in [1.82, 2.24) is 0 Å². The zero-order chi connectivity index (χ0) is 46.5. The van der Waals surface area contributed by atoms with Crippen LogP contribution in [0.5, 0.6) is 0 Å². The maximum atomic E-state index is 12.8. The molecule has 0 aliphatic carbocycles. The number of unbranched alkanes of at least 4 members (excludes halogenated alkanes) is 23. The van der Waals surface area contributed by atoms with Gasteiger partial charge in [-0.2, -0.15) is 0 Å². The molecule has 0 aromatic heterocycles. The van der Waals surface area contributed by atoms with Gasteiger partial charge in [0.2, 0.25) is 0 Å². The van der Waals surface area contributed by atoms with Crippen molar-refractivity contribution in [2.45, 2.75) is 226 Å². The molecule has 0 fully saturated rings. The third kappa shape index (κ3) is 49.1. The van der Waals surface area contributed by atoms with Gasteiger partial charge in [-0.3, -0.25) is 14.4 Å². The Bertz CT molecular complexity index is 1340. The van der Waals surface area contributed by atoms with E-state index >= 15 is 0 Å². The van der Waals surface area contributed by atoms with Crippen molar-refractivity contribution >= 4 is 17.9 Å². The standard InChI is InChI=1S/C58H94O6/c1-4-7-10-13-16-19-22-24-26-28-29-30-32-33-36-39-42-45-48-51-57(60)63-54-55(53-62-56(59)50-47-44-41-38-35-21-18-15-12-9-6-3)64-58(61)52-49-46-43-40-37-34-31-27-25-23-20-17-14-11-8-5-2/h7,10,13,15-16,18-19,21-22,24,26,28-30,32-33,35-36,55H,4-6,8-9,11-12,14,17,20,23,25,27,31,34,37-54H2,1-3H3/b10-7-,16-13-,18-15-,22-19-,26-24-,29-28+,32-30-,35-21-,36-33-. The van der Waals surface area contributed by atoms with Gasteiger partial charge in [-0.1, -0.05) is 252 Å². The fourth-order valence-electron chi connectivity index (χ4n) is 6.81. The first-order valence-corrected chi connectivity index (χ1v) is 26.0. The minimum atomic E-state index is -0.807. The van der Waals surface area contributed by atoms with E-state index in [4.69, 9.17) is 14.2 Å². The quantitative estimate of drug-likeness (QED) is 0.0262. The summed E-state index contributed by atoms with van der Waals surface area (Å²) in [6.45, 7) is 6.37. The summed E-state index contributed by atoms with van der Waals surface area (Å²) in [6.07, 6.45) is 69.3. The molecule has 6 heteroatoms. The molecular formula is C58H94O6. The molecule has 0 aromatic rings. The van der Waals surface area contributed by atoms with E-state index in [0.29, 0.717) is 19.3 Å². The molecule has 362 valence electrons. The predicted molar refractivity (Wildman–Crippen MR) is 274 cm³/mol. The van der Waals surface area contributed by atoms with E-state index in [1.165, 1.54) is 96.3 Å². The summed E-state index contributed by atoms with van der Waals surface area (Å²) in [5, 5.41) is 0. The van der Waals surface area contributed by atoms with Crippen LogP contribution in [0.3, 0.4) is 0 Å². The Morgan fingerprint density at radius 1 is 0.328 bits per heavy atom. The number of rotatable bonds is 45. The number of ether oxygens (including phenoxy) is 3. The van der Waals surface area contributed by atoms with Crippen LogP contribution in [0.1, 0.15) is 220 Å². The average molecular weight is 887 g/mol. The second-order valence-corrected chi connectivity index (χ2v) is 16.9. The molecule has 0 N–H and O–H groups in total.